The molecule has 1 unspecified atom stereocenters. The highest BCUT2D eigenvalue weighted by atomic mass is 32.2. The van der Waals surface area contributed by atoms with Crippen LogP contribution in [0.4, 0.5) is 0 Å². The van der Waals surface area contributed by atoms with E-state index >= 15 is 0 Å². The van der Waals surface area contributed by atoms with Crippen LogP contribution >= 0.6 is 11.8 Å². The number of fused-ring (bicyclic) bond motifs is 1. The Labute approximate surface area is 188 Å². The lowest BCUT2D eigenvalue weighted by Crippen LogP contribution is -2.38. The molecule has 1 amide bonds. The van der Waals surface area contributed by atoms with Gasteiger partial charge in [0.25, 0.3) is 0 Å². The Morgan fingerprint density at radius 3 is 2.42 bits per heavy atom. The summed E-state index contributed by atoms with van der Waals surface area (Å²) in [5, 5.41) is 5.69. The van der Waals surface area contributed by atoms with E-state index in [-0.39, 0.29) is 30.4 Å². The molecule has 0 fully saturated rings. The number of hydrogen-bond acceptors (Lipinski definition) is 6. The van der Waals surface area contributed by atoms with E-state index < -0.39 is 0 Å². The van der Waals surface area contributed by atoms with Crippen LogP contribution in [0, 0.1) is 0 Å². The summed E-state index contributed by atoms with van der Waals surface area (Å²) in [6.45, 7) is 10.2. The summed E-state index contributed by atoms with van der Waals surface area (Å²) in [6, 6.07) is 8.01. The van der Waals surface area contributed by atoms with Gasteiger partial charge in [-0.15, -0.1) is 0 Å². The third-order valence-electron chi connectivity index (χ3n) is 5.34. The molecule has 0 bridgehead atoms. The van der Waals surface area contributed by atoms with Crippen LogP contribution in [0.1, 0.15) is 70.5 Å². The number of ether oxygens (including phenoxy) is 1. The highest BCUT2D eigenvalue weighted by Gasteiger charge is 2.41. The fraction of sp³-hybridized carbons (Fsp3) is 0.458. The molecule has 0 aliphatic carbocycles. The first kappa shape index (κ1) is 23.1. The van der Waals surface area contributed by atoms with Crippen LogP contribution in [0.25, 0.3) is 0 Å². The van der Waals surface area contributed by atoms with Gasteiger partial charge in [0.15, 0.2) is 5.17 Å². The van der Waals surface area contributed by atoms with Crippen LogP contribution in [0.15, 0.2) is 51.6 Å². The summed E-state index contributed by atoms with van der Waals surface area (Å²) in [5.74, 6) is -0.0285. The lowest BCUT2D eigenvalue weighted by Gasteiger charge is -2.36. The van der Waals surface area contributed by atoms with Crippen LogP contribution in [-0.4, -0.2) is 35.1 Å². The number of esters is 1. The van der Waals surface area contributed by atoms with Crippen LogP contribution < -0.4 is 5.32 Å². The van der Waals surface area contributed by atoms with Gasteiger partial charge in [-0.3, -0.25) is 4.79 Å². The van der Waals surface area contributed by atoms with Crippen LogP contribution in [0.5, 0.6) is 0 Å². The van der Waals surface area contributed by atoms with Crippen molar-refractivity contribution in [3.8, 4) is 0 Å². The molecule has 166 valence electrons. The van der Waals surface area contributed by atoms with Gasteiger partial charge in [-0.2, -0.15) is 0 Å². The zero-order chi connectivity index (χ0) is 22.7. The predicted octanol–water partition coefficient (Wildman–Crippen LogP) is 4.86. The summed E-state index contributed by atoms with van der Waals surface area (Å²) in [5.41, 5.74) is 4.29. The number of thioether (sulfide) groups is 1. The number of aliphatic imine (C=N–C) groups is 1. The van der Waals surface area contributed by atoms with E-state index in [0.717, 1.165) is 22.1 Å². The van der Waals surface area contributed by atoms with Gasteiger partial charge >= 0.3 is 5.97 Å². The standard InChI is InChI=1S/C24H31N3O3S/c1-7-19-21(23(29)30-6)22(17-10-8-16(9-11-17)14(2)3)27-18(13-31-24(27)26-19)12-20(28)25-15(4)5/h8-11,13-15,22H,7,12H2,1-6H3,(H,25,28). The van der Waals surface area contributed by atoms with Gasteiger partial charge < -0.3 is 15.0 Å². The maximum absolute atomic E-state index is 12.9. The Balaban J connectivity index is 2.06. The molecule has 2 aliphatic heterocycles. The van der Waals surface area contributed by atoms with E-state index in [2.05, 4.69) is 43.4 Å². The van der Waals surface area contributed by atoms with Crippen molar-refractivity contribution < 1.29 is 14.3 Å². The van der Waals surface area contributed by atoms with Crippen molar-refractivity contribution >= 4 is 28.8 Å². The largest absolute Gasteiger partial charge is 0.466 e. The van der Waals surface area contributed by atoms with E-state index in [9.17, 15) is 9.59 Å². The van der Waals surface area contributed by atoms with Crippen molar-refractivity contribution in [1.82, 2.24) is 10.2 Å². The van der Waals surface area contributed by atoms with Gasteiger partial charge in [-0.05, 0) is 42.7 Å². The predicted molar refractivity (Wildman–Crippen MR) is 125 cm³/mol. The number of nitrogens with one attached hydrogen (secondary N) is 1. The summed E-state index contributed by atoms with van der Waals surface area (Å²) in [7, 11) is 1.40. The number of nitrogens with zero attached hydrogens (tertiary/aromatic N) is 2. The number of amides is 1. The fourth-order valence-corrected chi connectivity index (χ4v) is 4.77. The minimum atomic E-state index is -0.388. The van der Waals surface area contributed by atoms with Crippen LogP contribution in [0.3, 0.4) is 0 Å². The van der Waals surface area contributed by atoms with Crippen molar-refractivity contribution in [2.75, 3.05) is 7.11 Å². The molecule has 2 heterocycles. The quantitative estimate of drug-likeness (QED) is 0.612. The Morgan fingerprint density at radius 2 is 1.87 bits per heavy atom. The molecule has 0 aromatic heterocycles. The zero-order valence-corrected chi connectivity index (χ0v) is 19.9. The summed E-state index contributed by atoms with van der Waals surface area (Å²) in [4.78, 5) is 32.2. The smallest absolute Gasteiger partial charge is 0.338 e. The molecule has 1 aromatic carbocycles. The lowest BCUT2D eigenvalue weighted by molar-refractivity contribution is -0.136. The van der Waals surface area contributed by atoms with Gasteiger partial charge in [0.1, 0.15) is 0 Å². The number of amidine groups is 1. The van der Waals surface area contributed by atoms with E-state index in [1.807, 2.05) is 31.1 Å². The van der Waals surface area contributed by atoms with Crippen molar-refractivity contribution in [2.24, 2.45) is 4.99 Å². The van der Waals surface area contributed by atoms with Crippen LogP contribution in [0.2, 0.25) is 0 Å². The first-order valence-corrected chi connectivity index (χ1v) is 11.6. The second-order valence-corrected chi connectivity index (χ2v) is 9.16. The molecule has 7 heteroatoms. The molecule has 2 aliphatic rings. The van der Waals surface area contributed by atoms with E-state index in [1.165, 1.54) is 24.4 Å². The fourth-order valence-electron chi connectivity index (χ4n) is 3.83. The third kappa shape index (κ3) is 4.87. The number of allylic oxidation sites excluding steroid dienone is 1. The lowest BCUT2D eigenvalue weighted by atomic mass is 9.91. The monoisotopic (exact) mass is 441 g/mol. The van der Waals surface area contributed by atoms with Crippen LogP contribution in [-0.2, 0) is 14.3 Å². The molecule has 0 saturated carbocycles. The van der Waals surface area contributed by atoms with Gasteiger partial charge in [0, 0.05) is 11.7 Å². The Hall–Kier alpha value is -2.54. The minimum Gasteiger partial charge on any atom is -0.466 e. The number of benzene rings is 1. The molecule has 0 spiro atoms. The average molecular weight is 442 g/mol. The van der Waals surface area contributed by atoms with Gasteiger partial charge in [-0.25, -0.2) is 9.79 Å². The Morgan fingerprint density at radius 1 is 1.19 bits per heavy atom. The number of rotatable bonds is 7. The van der Waals surface area contributed by atoms with Crippen molar-refractivity contribution in [1.29, 1.82) is 0 Å². The first-order chi connectivity index (χ1) is 14.8. The van der Waals surface area contributed by atoms with E-state index in [1.54, 1.807) is 0 Å². The minimum absolute atomic E-state index is 0.0538. The Bertz CT molecular complexity index is 945. The van der Waals surface area contributed by atoms with Gasteiger partial charge in [0.05, 0.1) is 30.8 Å². The Kier molecular flexibility index (Phi) is 7.26. The third-order valence-corrected chi connectivity index (χ3v) is 6.23. The first-order valence-electron chi connectivity index (χ1n) is 10.7. The number of hydrogen-bond donors (Lipinski definition) is 1. The zero-order valence-electron chi connectivity index (χ0n) is 19.1. The summed E-state index contributed by atoms with van der Waals surface area (Å²) in [6.07, 6.45) is 0.840. The topological polar surface area (TPSA) is 71.0 Å². The molecule has 6 nitrogen and oxygen atoms in total. The van der Waals surface area contributed by atoms with Gasteiger partial charge in [-0.1, -0.05) is 56.8 Å². The molecule has 31 heavy (non-hydrogen) atoms. The molecule has 0 radical (unpaired) electrons. The number of carbonyl (C=O) groups excluding carboxylic acids is 2. The van der Waals surface area contributed by atoms with E-state index in [0.29, 0.717) is 17.9 Å². The van der Waals surface area contributed by atoms with Crippen molar-refractivity contribution in [3.63, 3.8) is 0 Å². The molecule has 3 rings (SSSR count). The maximum Gasteiger partial charge on any atom is 0.338 e. The van der Waals surface area contributed by atoms with Crippen molar-refractivity contribution in [2.45, 2.75) is 65.5 Å². The van der Waals surface area contributed by atoms with E-state index in [4.69, 9.17) is 9.73 Å². The highest BCUT2D eigenvalue weighted by Crippen LogP contribution is 2.45. The van der Waals surface area contributed by atoms with Gasteiger partial charge in [0.2, 0.25) is 5.91 Å². The summed E-state index contributed by atoms with van der Waals surface area (Å²) >= 11 is 1.49. The number of carbonyl (C=O) groups is 2. The number of methoxy groups -OCH3 is 1. The SMILES string of the molecule is CCC1=C(C(=O)OC)C(c2ccc(C(C)C)cc2)N2C(CC(=O)NC(C)C)=CSC2=N1. The molecule has 1 atom stereocenters. The molecular weight excluding hydrogens is 410 g/mol. The molecule has 0 saturated heterocycles. The molecule has 1 N–H and O–H groups in total. The molecule has 1 aromatic rings. The molecular formula is C24H31N3O3S. The second-order valence-electron chi connectivity index (χ2n) is 8.32. The van der Waals surface area contributed by atoms with Crippen molar-refractivity contribution in [3.05, 3.63) is 57.8 Å². The highest BCUT2D eigenvalue weighted by molar-refractivity contribution is 8.16. The summed E-state index contributed by atoms with van der Waals surface area (Å²) < 4.78 is 5.15. The maximum atomic E-state index is 12.9. The second kappa shape index (κ2) is 9.73. The normalized spacial score (nSPS) is 18.2. The average Bonchev–Trinajstić information content (AvgIpc) is 3.13.